The van der Waals surface area contributed by atoms with Crippen LogP contribution in [0.3, 0.4) is 0 Å². The average molecular weight is 444 g/mol. The van der Waals surface area contributed by atoms with Gasteiger partial charge in [-0.25, -0.2) is 31.3 Å². The van der Waals surface area contributed by atoms with Crippen LogP contribution in [0.5, 0.6) is 0 Å². The fourth-order valence-corrected chi connectivity index (χ4v) is 4.77. The van der Waals surface area contributed by atoms with Crippen LogP contribution in [0, 0.1) is 0 Å². The summed E-state index contributed by atoms with van der Waals surface area (Å²) in [7, 11) is -6.60. The molecule has 0 saturated carbocycles. The third-order valence-corrected chi connectivity index (χ3v) is 7.24. The van der Waals surface area contributed by atoms with Crippen LogP contribution in [0.15, 0.2) is 58.3 Å². The van der Waals surface area contributed by atoms with E-state index in [0.717, 1.165) is 24.3 Å². The zero-order valence-corrected chi connectivity index (χ0v) is 17.0. The molecule has 1 aromatic heterocycles. The van der Waals surface area contributed by atoms with Gasteiger partial charge in [0.25, 0.3) is 0 Å². The first kappa shape index (κ1) is 21.3. The molecule has 2 aromatic carbocycles. The Balaban J connectivity index is 1.93. The third-order valence-electron chi connectivity index (χ3n) is 4.25. The second-order valence-corrected chi connectivity index (χ2v) is 9.73. The second-order valence-electron chi connectivity index (χ2n) is 6.13. The van der Waals surface area contributed by atoms with E-state index in [1.165, 1.54) is 20.0 Å². The molecule has 0 aliphatic carbocycles. The highest BCUT2D eigenvalue weighted by atomic mass is 32.2. The molecule has 0 radical (unpaired) electrons. The number of hydrogen-bond donors (Lipinski definition) is 2. The topological polar surface area (TPSA) is 110 Å². The summed E-state index contributed by atoms with van der Waals surface area (Å²) < 4.78 is 81.1. The summed E-state index contributed by atoms with van der Waals surface area (Å²) in [6, 6.07) is 9.71. The lowest BCUT2D eigenvalue weighted by Gasteiger charge is -2.16. The van der Waals surface area contributed by atoms with Crippen molar-refractivity contribution in [2.75, 3.05) is 7.05 Å². The molecule has 0 spiro atoms. The SMILES string of the molecule is CNS(=O)(=O)c1ccc(S(=O)(=O)N[C@@H](C)c2nc3ccccc3n2C(F)F)cc1. The van der Waals surface area contributed by atoms with E-state index in [0.29, 0.717) is 10.1 Å². The van der Waals surface area contributed by atoms with Crippen molar-refractivity contribution in [3.05, 3.63) is 54.4 Å². The normalized spacial score (nSPS) is 13.8. The van der Waals surface area contributed by atoms with E-state index in [1.807, 2.05) is 0 Å². The molecule has 29 heavy (non-hydrogen) atoms. The van der Waals surface area contributed by atoms with E-state index >= 15 is 0 Å². The van der Waals surface area contributed by atoms with Gasteiger partial charge >= 0.3 is 6.55 Å². The number of hydrogen-bond acceptors (Lipinski definition) is 5. The van der Waals surface area contributed by atoms with E-state index in [2.05, 4.69) is 14.4 Å². The van der Waals surface area contributed by atoms with Crippen LogP contribution in [0.25, 0.3) is 11.0 Å². The molecule has 156 valence electrons. The summed E-state index contributed by atoms with van der Waals surface area (Å²) in [4.78, 5) is 3.82. The Labute approximate surface area is 166 Å². The number of para-hydroxylation sites is 2. The highest BCUT2D eigenvalue weighted by molar-refractivity contribution is 7.90. The molecule has 1 atom stereocenters. The fourth-order valence-electron chi connectivity index (χ4n) is 2.84. The first-order valence-corrected chi connectivity index (χ1v) is 11.3. The van der Waals surface area contributed by atoms with Crippen LogP contribution >= 0.6 is 0 Å². The summed E-state index contributed by atoms with van der Waals surface area (Å²) in [5.74, 6) is -0.140. The molecular formula is C17H18F2N4O4S2. The van der Waals surface area contributed by atoms with Crippen molar-refractivity contribution in [1.29, 1.82) is 0 Å². The van der Waals surface area contributed by atoms with E-state index in [9.17, 15) is 25.6 Å². The first-order valence-electron chi connectivity index (χ1n) is 8.38. The van der Waals surface area contributed by atoms with Crippen molar-refractivity contribution in [1.82, 2.24) is 19.0 Å². The molecule has 0 aliphatic heterocycles. The summed E-state index contributed by atoms with van der Waals surface area (Å²) in [6.07, 6.45) is 0. The number of halogens is 2. The maximum atomic E-state index is 13.6. The van der Waals surface area contributed by atoms with Crippen molar-refractivity contribution in [3.8, 4) is 0 Å². The number of aromatic nitrogens is 2. The smallest absolute Gasteiger partial charge is 0.269 e. The number of sulfonamides is 2. The van der Waals surface area contributed by atoms with E-state index in [-0.39, 0.29) is 21.1 Å². The number of nitrogens with zero attached hydrogens (tertiary/aromatic N) is 2. The Bertz CT molecular complexity index is 1240. The summed E-state index contributed by atoms with van der Waals surface area (Å²) in [5.41, 5.74) is 0.501. The molecule has 0 saturated heterocycles. The summed E-state index contributed by atoms with van der Waals surface area (Å²) in [6.45, 7) is -1.51. The Morgan fingerprint density at radius 1 is 0.931 bits per heavy atom. The molecule has 1 heterocycles. The predicted molar refractivity (Wildman–Crippen MR) is 102 cm³/mol. The van der Waals surface area contributed by atoms with Gasteiger partial charge in [-0.15, -0.1) is 0 Å². The molecule has 3 aromatic rings. The third kappa shape index (κ3) is 4.15. The van der Waals surface area contributed by atoms with Crippen LogP contribution < -0.4 is 9.44 Å². The quantitative estimate of drug-likeness (QED) is 0.581. The van der Waals surface area contributed by atoms with Crippen molar-refractivity contribution in [2.45, 2.75) is 29.3 Å². The lowest BCUT2D eigenvalue weighted by Crippen LogP contribution is -2.29. The van der Waals surface area contributed by atoms with Crippen LogP contribution in [-0.2, 0) is 20.0 Å². The Hall–Kier alpha value is -2.41. The number of benzene rings is 2. The van der Waals surface area contributed by atoms with Gasteiger partial charge in [0.2, 0.25) is 20.0 Å². The molecule has 8 nitrogen and oxygen atoms in total. The monoisotopic (exact) mass is 444 g/mol. The summed E-state index contributed by atoms with van der Waals surface area (Å²) in [5, 5.41) is 0. The van der Waals surface area contributed by atoms with Crippen molar-refractivity contribution in [2.24, 2.45) is 0 Å². The van der Waals surface area contributed by atoms with Gasteiger partial charge in [0.05, 0.1) is 26.9 Å². The number of nitrogens with one attached hydrogen (secondary N) is 2. The number of rotatable bonds is 7. The molecular weight excluding hydrogens is 426 g/mol. The first-order chi connectivity index (χ1) is 13.6. The fraction of sp³-hybridized carbons (Fsp3) is 0.235. The molecule has 0 bridgehead atoms. The van der Waals surface area contributed by atoms with Gasteiger partial charge in [-0.05, 0) is 50.4 Å². The van der Waals surface area contributed by atoms with E-state index in [1.54, 1.807) is 18.2 Å². The van der Waals surface area contributed by atoms with Crippen LogP contribution in [0.2, 0.25) is 0 Å². The highest BCUT2D eigenvalue weighted by Crippen LogP contribution is 2.27. The number of imidazole rings is 1. The second kappa shape index (κ2) is 7.78. The lowest BCUT2D eigenvalue weighted by molar-refractivity contribution is 0.0702. The van der Waals surface area contributed by atoms with E-state index in [4.69, 9.17) is 0 Å². The predicted octanol–water partition coefficient (Wildman–Crippen LogP) is 2.38. The van der Waals surface area contributed by atoms with Gasteiger partial charge < -0.3 is 0 Å². The van der Waals surface area contributed by atoms with Gasteiger partial charge in [-0.1, -0.05) is 12.1 Å². The Kier molecular flexibility index (Phi) is 5.72. The van der Waals surface area contributed by atoms with Gasteiger partial charge in [0, 0.05) is 0 Å². The zero-order chi connectivity index (χ0) is 21.4. The molecule has 0 aliphatic rings. The van der Waals surface area contributed by atoms with Crippen LogP contribution in [-0.4, -0.2) is 33.4 Å². The van der Waals surface area contributed by atoms with Crippen molar-refractivity contribution in [3.63, 3.8) is 0 Å². The maximum Gasteiger partial charge on any atom is 0.320 e. The van der Waals surface area contributed by atoms with Gasteiger partial charge in [-0.3, -0.25) is 4.57 Å². The minimum absolute atomic E-state index is 0.105. The Morgan fingerprint density at radius 3 is 2.03 bits per heavy atom. The number of fused-ring (bicyclic) bond motifs is 1. The minimum Gasteiger partial charge on any atom is -0.269 e. The van der Waals surface area contributed by atoms with Crippen molar-refractivity contribution < 1.29 is 25.6 Å². The molecule has 12 heteroatoms. The standard InChI is InChI=1S/C17H18F2N4O4S2/c1-11(16-21-14-5-3-4-6-15(14)23(16)17(18)19)22-29(26,27)13-9-7-12(8-10-13)28(24,25)20-2/h3-11,17,20,22H,1-2H3/t11-/m0/s1. The van der Waals surface area contributed by atoms with Gasteiger partial charge in [0.15, 0.2) is 0 Å². The molecule has 3 rings (SSSR count). The van der Waals surface area contributed by atoms with Crippen LogP contribution in [0.4, 0.5) is 8.78 Å². The van der Waals surface area contributed by atoms with Crippen molar-refractivity contribution >= 4 is 31.1 Å². The molecule has 2 N–H and O–H groups in total. The average Bonchev–Trinajstić information content (AvgIpc) is 3.08. The minimum atomic E-state index is -4.12. The van der Waals surface area contributed by atoms with Crippen LogP contribution in [0.1, 0.15) is 25.3 Å². The summed E-state index contributed by atoms with van der Waals surface area (Å²) >= 11 is 0. The zero-order valence-electron chi connectivity index (χ0n) is 15.4. The van der Waals surface area contributed by atoms with Gasteiger partial charge in [-0.2, -0.15) is 8.78 Å². The highest BCUT2D eigenvalue weighted by Gasteiger charge is 2.26. The number of alkyl halides is 2. The molecule has 0 amide bonds. The lowest BCUT2D eigenvalue weighted by atomic mass is 10.3. The Morgan fingerprint density at radius 2 is 1.48 bits per heavy atom. The maximum absolute atomic E-state index is 13.6. The van der Waals surface area contributed by atoms with Gasteiger partial charge in [0.1, 0.15) is 5.82 Å². The largest absolute Gasteiger partial charge is 0.320 e. The molecule has 0 unspecified atom stereocenters. The van der Waals surface area contributed by atoms with E-state index < -0.39 is 32.6 Å². The molecule has 0 fully saturated rings.